The number of halogens is 2. The van der Waals surface area contributed by atoms with Gasteiger partial charge >= 0.3 is 11.8 Å². The summed E-state index contributed by atoms with van der Waals surface area (Å²) in [5, 5.41) is 11.9. The van der Waals surface area contributed by atoms with Gasteiger partial charge in [0.2, 0.25) is 0 Å². The average Bonchev–Trinajstić information content (AvgIpc) is 3.43. The number of nitrogens with one attached hydrogen (secondary N) is 1. The number of pyridine rings is 1. The van der Waals surface area contributed by atoms with Crippen LogP contribution in [0, 0.1) is 5.82 Å². The van der Waals surface area contributed by atoms with Crippen molar-refractivity contribution in [2.75, 3.05) is 6.54 Å². The number of nitrogens with zero attached hydrogens (tertiary/aromatic N) is 6. The van der Waals surface area contributed by atoms with Crippen LogP contribution in [0.15, 0.2) is 35.1 Å². The third kappa shape index (κ3) is 2.93. The van der Waals surface area contributed by atoms with Crippen LogP contribution in [0.25, 0.3) is 5.52 Å². The topological polar surface area (TPSA) is 105 Å². The summed E-state index contributed by atoms with van der Waals surface area (Å²) >= 11 is 0. The monoisotopic (exact) mass is 413 g/mol. The zero-order chi connectivity index (χ0) is 21.0. The van der Waals surface area contributed by atoms with Crippen molar-refractivity contribution in [3.63, 3.8) is 0 Å². The molecule has 0 radical (unpaired) electrons. The summed E-state index contributed by atoms with van der Waals surface area (Å²) in [6, 6.07) is 3.70. The minimum absolute atomic E-state index is 0.275. The maximum absolute atomic E-state index is 14.1. The zero-order valence-electron chi connectivity index (χ0n) is 16.1. The van der Waals surface area contributed by atoms with Gasteiger partial charge in [0.05, 0.1) is 23.2 Å². The molecular formula is C19H17F2N7O2. The lowest BCUT2D eigenvalue weighted by Gasteiger charge is -2.32. The van der Waals surface area contributed by atoms with E-state index in [4.69, 9.17) is 4.42 Å². The third-order valence-electron chi connectivity index (χ3n) is 5.03. The second-order valence-corrected chi connectivity index (χ2v) is 7.59. The molecule has 1 unspecified atom stereocenters. The number of fused-ring (bicyclic) bond motifs is 2. The second-order valence-electron chi connectivity index (χ2n) is 7.59. The maximum Gasteiger partial charge on any atom is 0.312 e. The quantitative estimate of drug-likeness (QED) is 0.554. The Morgan fingerprint density at radius 1 is 1.33 bits per heavy atom. The van der Waals surface area contributed by atoms with Gasteiger partial charge < -0.3 is 14.3 Å². The zero-order valence-corrected chi connectivity index (χ0v) is 16.1. The normalized spacial score (nSPS) is 16.8. The van der Waals surface area contributed by atoms with Crippen LogP contribution in [0.2, 0.25) is 0 Å². The van der Waals surface area contributed by atoms with Crippen LogP contribution < -0.4 is 0 Å². The number of amides is 1. The van der Waals surface area contributed by atoms with Gasteiger partial charge in [-0.25, -0.2) is 18.3 Å². The highest BCUT2D eigenvalue weighted by Crippen LogP contribution is 2.34. The number of carbonyl (C=O) groups excluding carboxylic acids is 1. The van der Waals surface area contributed by atoms with E-state index in [1.54, 1.807) is 12.4 Å². The van der Waals surface area contributed by atoms with Gasteiger partial charge in [0.25, 0.3) is 5.89 Å². The number of carbonyl (C=O) groups is 1. The summed E-state index contributed by atoms with van der Waals surface area (Å²) in [5.41, 5.74) is 0.688. The predicted molar refractivity (Wildman–Crippen MR) is 98.8 cm³/mol. The summed E-state index contributed by atoms with van der Waals surface area (Å²) in [6.45, 7) is 2.87. The Kier molecular flexibility index (Phi) is 3.95. The van der Waals surface area contributed by atoms with Crippen molar-refractivity contribution in [1.82, 2.24) is 34.7 Å². The molecule has 0 aromatic carbocycles. The van der Waals surface area contributed by atoms with Gasteiger partial charge in [-0.05, 0) is 32.0 Å². The summed E-state index contributed by atoms with van der Waals surface area (Å²) in [7, 11) is 0. The van der Waals surface area contributed by atoms with Crippen LogP contribution >= 0.6 is 0 Å². The molecule has 1 amide bonds. The van der Waals surface area contributed by atoms with E-state index in [0.29, 0.717) is 29.9 Å². The van der Waals surface area contributed by atoms with Gasteiger partial charge in [0.1, 0.15) is 11.9 Å². The summed E-state index contributed by atoms with van der Waals surface area (Å²) in [4.78, 5) is 22.2. The SMILES string of the molecule is CC(C)(F)c1nnc(C(=O)N2CCc3[nH]cnc3C2c2cc3cc(F)ccn3n2)o1. The van der Waals surface area contributed by atoms with E-state index in [2.05, 4.69) is 25.3 Å². The Balaban J connectivity index is 1.58. The minimum Gasteiger partial charge on any atom is -0.413 e. The number of rotatable bonds is 3. The lowest BCUT2D eigenvalue weighted by molar-refractivity contribution is 0.0636. The molecule has 30 heavy (non-hydrogen) atoms. The molecule has 1 N–H and O–H groups in total. The van der Waals surface area contributed by atoms with Gasteiger partial charge in [-0.3, -0.25) is 4.79 Å². The van der Waals surface area contributed by atoms with E-state index in [1.165, 1.54) is 41.6 Å². The molecule has 0 fully saturated rings. The molecule has 9 nitrogen and oxygen atoms in total. The van der Waals surface area contributed by atoms with Crippen LogP contribution in [-0.4, -0.2) is 47.1 Å². The van der Waals surface area contributed by atoms with E-state index in [-0.39, 0.29) is 11.8 Å². The Morgan fingerprint density at radius 3 is 2.93 bits per heavy atom. The molecule has 4 aromatic heterocycles. The van der Waals surface area contributed by atoms with E-state index < -0.39 is 23.4 Å². The number of alkyl halides is 1. The molecule has 154 valence electrons. The van der Waals surface area contributed by atoms with E-state index in [9.17, 15) is 13.6 Å². The number of aromatic amines is 1. The molecule has 5 heterocycles. The van der Waals surface area contributed by atoms with Crippen molar-refractivity contribution >= 4 is 11.4 Å². The number of hydrogen-bond acceptors (Lipinski definition) is 6. The van der Waals surface area contributed by atoms with Crippen LogP contribution in [0.4, 0.5) is 8.78 Å². The van der Waals surface area contributed by atoms with Gasteiger partial charge in [0.15, 0.2) is 5.67 Å². The number of aromatic nitrogens is 6. The highest BCUT2D eigenvalue weighted by Gasteiger charge is 2.39. The van der Waals surface area contributed by atoms with E-state index in [1.807, 2.05) is 0 Å². The Bertz CT molecular complexity index is 1250. The van der Waals surface area contributed by atoms with Crippen LogP contribution in [0.5, 0.6) is 0 Å². The summed E-state index contributed by atoms with van der Waals surface area (Å²) < 4.78 is 34.6. The fourth-order valence-corrected chi connectivity index (χ4v) is 3.59. The van der Waals surface area contributed by atoms with Crippen molar-refractivity contribution in [3.8, 4) is 0 Å². The molecule has 1 atom stereocenters. The summed E-state index contributed by atoms with van der Waals surface area (Å²) in [6.07, 6.45) is 3.59. The number of hydrogen-bond donors (Lipinski definition) is 1. The number of H-pyrrole nitrogens is 1. The Morgan fingerprint density at radius 2 is 2.17 bits per heavy atom. The van der Waals surface area contributed by atoms with Gasteiger partial charge in [-0.15, -0.1) is 10.2 Å². The Labute approximate surface area is 168 Å². The molecule has 0 saturated carbocycles. The average molecular weight is 413 g/mol. The first-order chi connectivity index (χ1) is 14.3. The Hall–Kier alpha value is -3.63. The standard InChI is InChI=1S/C19H17F2N7O2/c1-19(2,21)18-25-24-16(30-18)17(29)27-5-4-12-14(23-9-22-12)15(27)13-8-11-7-10(20)3-6-28(11)26-13/h3,6-9,15H,4-5H2,1-2H3,(H,22,23). The fraction of sp³-hybridized carbons (Fsp3) is 0.316. The molecule has 0 spiro atoms. The van der Waals surface area contributed by atoms with Crippen molar-refractivity contribution in [1.29, 1.82) is 0 Å². The smallest absolute Gasteiger partial charge is 0.312 e. The number of imidazole rings is 1. The molecule has 11 heteroatoms. The molecule has 1 aliphatic heterocycles. The van der Waals surface area contributed by atoms with Crippen molar-refractivity contribution in [2.24, 2.45) is 0 Å². The third-order valence-corrected chi connectivity index (χ3v) is 5.03. The molecule has 4 aromatic rings. The lowest BCUT2D eigenvalue weighted by Crippen LogP contribution is -2.41. The fourth-order valence-electron chi connectivity index (χ4n) is 3.59. The predicted octanol–water partition coefficient (Wildman–Crippen LogP) is 2.57. The van der Waals surface area contributed by atoms with Crippen molar-refractivity contribution < 1.29 is 18.0 Å². The summed E-state index contributed by atoms with van der Waals surface area (Å²) in [5.74, 6) is -1.53. The molecular weight excluding hydrogens is 396 g/mol. The maximum atomic E-state index is 14.1. The lowest BCUT2D eigenvalue weighted by atomic mass is 9.99. The minimum atomic E-state index is -1.87. The van der Waals surface area contributed by atoms with E-state index >= 15 is 0 Å². The molecule has 0 saturated heterocycles. The van der Waals surface area contributed by atoms with Gasteiger partial charge in [0, 0.05) is 24.9 Å². The van der Waals surface area contributed by atoms with Crippen molar-refractivity contribution in [2.45, 2.75) is 32.0 Å². The first kappa shape index (κ1) is 18.4. The molecule has 0 bridgehead atoms. The van der Waals surface area contributed by atoms with Crippen molar-refractivity contribution in [3.05, 3.63) is 65.4 Å². The first-order valence-corrected chi connectivity index (χ1v) is 9.32. The largest absolute Gasteiger partial charge is 0.413 e. The van der Waals surface area contributed by atoms with Crippen LogP contribution in [-0.2, 0) is 12.1 Å². The van der Waals surface area contributed by atoms with Crippen LogP contribution in [0.3, 0.4) is 0 Å². The first-order valence-electron chi connectivity index (χ1n) is 9.32. The highest BCUT2D eigenvalue weighted by molar-refractivity contribution is 5.90. The second kappa shape index (κ2) is 6.44. The van der Waals surface area contributed by atoms with Gasteiger partial charge in [-0.2, -0.15) is 5.10 Å². The van der Waals surface area contributed by atoms with E-state index in [0.717, 1.165) is 5.69 Å². The van der Waals surface area contributed by atoms with Gasteiger partial charge in [-0.1, -0.05) is 0 Å². The molecule has 5 rings (SSSR count). The van der Waals surface area contributed by atoms with Crippen LogP contribution in [0.1, 0.15) is 53.5 Å². The molecule has 0 aliphatic carbocycles. The molecule has 1 aliphatic rings. The highest BCUT2D eigenvalue weighted by atomic mass is 19.1.